The van der Waals surface area contributed by atoms with E-state index in [1.54, 1.807) is 0 Å². The number of nitrogens with one attached hydrogen (secondary N) is 2. The zero-order valence-electron chi connectivity index (χ0n) is 16.8. The zero-order valence-corrected chi connectivity index (χ0v) is 16.8. The molecular weight excluding hydrogens is 302 g/mol. The molecule has 6 nitrogen and oxygen atoms in total. The summed E-state index contributed by atoms with van der Waals surface area (Å²) in [5, 5.41) is 6.89. The van der Waals surface area contributed by atoms with Crippen molar-refractivity contribution in [1.29, 1.82) is 0 Å². The van der Waals surface area contributed by atoms with Crippen LogP contribution in [0.3, 0.4) is 0 Å². The normalized spacial score (nSPS) is 21.6. The van der Waals surface area contributed by atoms with Gasteiger partial charge in [0, 0.05) is 57.4 Å². The van der Waals surface area contributed by atoms with Gasteiger partial charge in [0.2, 0.25) is 0 Å². The second kappa shape index (κ2) is 10.9. The van der Waals surface area contributed by atoms with E-state index in [2.05, 4.69) is 67.0 Å². The fourth-order valence-electron chi connectivity index (χ4n) is 3.39. The Labute approximate surface area is 149 Å². The molecule has 1 rings (SSSR count). The van der Waals surface area contributed by atoms with Gasteiger partial charge in [-0.2, -0.15) is 0 Å². The molecule has 0 aromatic heterocycles. The average molecular weight is 342 g/mol. The molecule has 0 aliphatic carbocycles. The molecule has 0 aromatic carbocycles. The molecule has 1 fully saturated rings. The van der Waals surface area contributed by atoms with Crippen molar-refractivity contribution in [1.82, 2.24) is 20.4 Å². The molecule has 2 N–H and O–H groups in total. The maximum atomic E-state index is 5.52. The number of ether oxygens (including phenoxy) is 1. The monoisotopic (exact) mass is 341 g/mol. The molecule has 1 aliphatic rings. The first-order chi connectivity index (χ1) is 11.4. The zero-order chi connectivity index (χ0) is 18.1. The van der Waals surface area contributed by atoms with Crippen LogP contribution >= 0.6 is 0 Å². The Kier molecular flexibility index (Phi) is 9.63. The van der Waals surface area contributed by atoms with Crippen LogP contribution in [-0.4, -0.2) is 86.4 Å². The van der Waals surface area contributed by atoms with E-state index in [4.69, 9.17) is 4.74 Å². The van der Waals surface area contributed by atoms with Crippen LogP contribution in [0.1, 0.15) is 41.5 Å². The van der Waals surface area contributed by atoms with E-state index < -0.39 is 0 Å². The van der Waals surface area contributed by atoms with E-state index in [1.165, 1.54) is 0 Å². The maximum absolute atomic E-state index is 5.52. The second-order valence-corrected chi connectivity index (χ2v) is 7.32. The van der Waals surface area contributed by atoms with Crippen molar-refractivity contribution < 1.29 is 4.74 Å². The first-order valence-electron chi connectivity index (χ1n) is 9.40. The summed E-state index contributed by atoms with van der Waals surface area (Å²) in [6, 6.07) is 2.07. The molecule has 0 aromatic rings. The summed E-state index contributed by atoms with van der Waals surface area (Å²) in [4.78, 5) is 9.33. The summed E-state index contributed by atoms with van der Waals surface area (Å²) in [6.07, 6.45) is 0. The molecule has 142 valence electrons. The summed E-state index contributed by atoms with van der Waals surface area (Å²) in [5.74, 6) is 0.884. The lowest BCUT2D eigenvalue weighted by atomic mass is 10.2. The predicted molar refractivity (Wildman–Crippen MR) is 103 cm³/mol. The number of rotatable bonds is 8. The van der Waals surface area contributed by atoms with Crippen molar-refractivity contribution in [3.05, 3.63) is 0 Å². The average Bonchev–Trinajstić information content (AvgIpc) is 2.53. The standard InChI is InChI=1S/C18H39N5O/c1-14(2)22(15(3)4)9-8-20-18(19-7)21-12-16(5)23-10-11-24-13-17(23)6/h14-17H,8-13H2,1-7H3,(H2,19,20,21). The van der Waals surface area contributed by atoms with Gasteiger partial charge in [-0.3, -0.25) is 14.8 Å². The summed E-state index contributed by atoms with van der Waals surface area (Å²) in [6.45, 7) is 19.0. The van der Waals surface area contributed by atoms with E-state index in [1.807, 2.05) is 7.05 Å². The highest BCUT2D eigenvalue weighted by Crippen LogP contribution is 2.10. The van der Waals surface area contributed by atoms with E-state index >= 15 is 0 Å². The number of guanidine groups is 1. The molecule has 1 saturated heterocycles. The van der Waals surface area contributed by atoms with Crippen LogP contribution in [-0.2, 0) is 4.74 Å². The maximum Gasteiger partial charge on any atom is 0.191 e. The van der Waals surface area contributed by atoms with E-state index in [0.717, 1.165) is 45.4 Å². The smallest absolute Gasteiger partial charge is 0.191 e. The van der Waals surface area contributed by atoms with Gasteiger partial charge in [0.25, 0.3) is 0 Å². The second-order valence-electron chi connectivity index (χ2n) is 7.32. The van der Waals surface area contributed by atoms with Gasteiger partial charge in [0.1, 0.15) is 0 Å². The number of aliphatic imine (C=N–C) groups is 1. The van der Waals surface area contributed by atoms with Crippen LogP contribution in [0.15, 0.2) is 4.99 Å². The van der Waals surface area contributed by atoms with Crippen molar-refractivity contribution in [2.45, 2.75) is 65.7 Å². The Bertz CT molecular complexity index is 364. The lowest BCUT2D eigenvalue weighted by molar-refractivity contribution is -0.0174. The van der Waals surface area contributed by atoms with Crippen molar-refractivity contribution in [2.75, 3.05) is 46.4 Å². The third-order valence-electron chi connectivity index (χ3n) is 4.76. The number of hydrogen-bond acceptors (Lipinski definition) is 4. The van der Waals surface area contributed by atoms with Crippen LogP contribution in [0.5, 0.6) is 0 Å². The Morgan fingerprint density at radius 2 is 1.88 bits per heavy atom. The molecule has 2 atom stereocenters. The van der Waals surface area contributed by atoms with E-state index in [-0.39, 0.29) is 0 Å². The lowest BCUT2D eigenvalue weighted by Crippen LogP contribution is -2.53. The van der Waals surface area contributed by atoms with Crippen molar-refractivity contribution >= 4 is 5.96 Å². The predicted octanol–water partition coefficient (Wildman–Crippen LogP) is 1.38. The fourth-order valence-corrected chi connectivity index (χ4v) is 3.39. The van der Waals surface area contributed by atoms with Gasteiger partial charge in [-0.15, -0.1) is 0 Å². The van der Waals surface area contributed by atoms with Crippen LogP contribution in [0.2, 0.25) is 0 Å². The summed E-state index contributed by atoms with van der Waals surface area (Å²) < 4.78 is 5.52. The van der Waals surface area contributed by atoms with Crippen molar-refractivity contribution in [2.24, 2.45) is 4.99 Å². The van der Waals surface area contributed by atoms with Gasteiger partial charge < -0.3 is 15.4 Å². The lowest BCUT2D eigenvalue weighted by Gasteiger charge is -2.38. The third kappa shape index (κ3) is 6.95. The van der Waals surface area contributed by atoms with Gasteiger partial charge in [0.15, 0.2) is 5.96 Å². The number of hydrogen-bond donors (Lipinski definition) is 2. The molecule has 24 heavy (non-hydrogen) atoms. The third-order valence-corrected chi connectivity index (χ3v) is 4.76. The first-order valence-corrected chi connectivity index (χ1v) is 9.40. The van der Waals surface area contributed by atoms with Gasteiger partial charge in [-0.25, -0.2) is 0 Å². The summed E-state index contributed by atoms with van der Waals surface area (Å²) >= 11 is 0. The highest BCUT2D eigenvalue weighted by atomic mass is 16.5. The summed E-state index contributed by atoms with van der Waals surface area (Å²) in [5.41, 5.74) is 0. The van der Waals surface area contributed by atoms with Crippen LogP contribution in [0.25, 0.3) is 0 Å². The summed E-state index contributed by atoms with van der Waals surface area (Å²) in [7, 11) is 1.83. The fraction of sp³-hybridized carbons (Fsp3) is 0.944. The molecule has 2 unspecified atom stereocenters. The molecule has 0 bridgehead atoms. The van der Waals surface area contributed by atoms with E-state index in [0.29, 0.717) is 24.2 Å². The first kappa shape index (κ1) is 21.2. The van der Waals surface area contributed by atoms with Crippen molar-refractivity contribution in [3.63, 3.8) is 0 Å². The van der Waals surface area contributed by atoms with E-state index in [9.17, 15) is 0 Å². The molecule has 0 amide bonds. The Balaban J connectivity index is 2.34. The van der Waals surface area contributed by atoms with Crippen LogP contribution in [0, 0.1) is 0 Å². The number of nitrogens with zero attached hydrogens (tertiary/aromatic N) is 3. The molecule has 0 saturated carbocycles. The van der Waals surface area contributed by atoms with Crippen LogP contribution in [0.4, 0.5) is 0 Å². The van der Waals surface area contributed by atoms with Gasteiger partial charge >= 0.3 is 0 Å². The molecule has 1 heterocycles. The Morgan fingerprint density at radius 3 is 2.42 bits per heavy atom. The minimum atomic E-state index is 0.463. The van der Waals surface area contributed by atoms with Crippen LogP contribution < -0.4 is 10.6 Å². The highest BCUT2D eigenvalue weighted by Gasteiger charge is 2.23. The molecule has 0 spiro atoms. The van der Waals surface area contributed by atoms with Gasteiger partial charge in [-0.05, 0) is 41.5 Å². The minimum absolute atomic E-state index is 0.463. The highest BCUT2D eigenvalue weighted by molar-refractivity contribution is 5.79. The quantitative estimate of drug-likeness (QED) is 0.516. The number of morpholine rings is 1. The largest absolute Gasteiger partial charge is 0.379 e. The Morgan fingerprint density at radius 1 is 1.21 bits per heavy atom. The van der Waals surface area contributed by atoms with Gasteiger partial charge in [0.05, 0.1) is 13.2 Å². The molecule has 1 aliphatic heterocycles. The Hall–Kier alpha value is -0.850. The topological polar surface area (TPSA) is 52.1 Å². The molecule has 0 radical (unpaired) electrons. The SMILES string of the molecule is CN=C(NCCN(C(C)C)C(C)C)NCC(C)N1CCOCC1C. The molecule has 6 heteroatoms. The molecular formula is C18H39N5O. The van der Waals surface area contributed by atoms with Crippen molar-refractivity contribution in [3.8, 4) is 0 Å². The minimum Gasteiger partial charge on any atom is -0.379 e. The van der Waals surface area contributed by atoms with Gasteiger partial charge in [-0.1, -0.05) is 0 Å².